The first-order chi connectivity index (χ1) is 12.2. The monoisotopic (exact) mass is 323 g/mol. The molecule has 3 aromatic carbocycles. The van der Waals surface area contributed by atoms with Crippen molar-refractivity contribution in [1.29, 1.82) is 0 Å². The molecule has 0 atom stereocenters. The first-order valence-electron chi connectivity index (χ1n) is 8.63. The summed E-state index contributed by atoms with van der Waals surface area (Å²) in [7, 11) is 0. The van der Waals surface area contributed by atoms with E-state index in [2.05, 4.69) is 109 Å². The zero-order valence-corrected chi connectivity index (χ0v) is 14.6. The lowest BCUT2D eigenvalue weighted by Crippen LogP contribution is -1.99. The maximum Gasteiger partial charge on any atom is 0.0535 e. The Morgan fingerprint density at radius 3 is 1.36 bits per heavy atom. The van der Waals surface area contributed by atoms with Gasteiger partial charge in [-0.2, -0.15) is 0 Å². The zero-order chi connectivity index (χ0) is 17.2. The molecule has 0 saturated carbocycles. The molecule has 0 amide bonds. The van der Waals surface area contributed by atoms with Gasteiger partial charge in [0, 0.05) is 5.69 Å². The Morgan fingerprint density at radius 2 is 0.920 bits per heavy atom. The minimum absolute atomic E-state index is 1.18. The van der Waals surface area contributed by atoms with E-state index < -0.39 is 0 Å². The van der Waals surface area contributed by atoms with Crippen molar-refractivity contribution in [3.63, 3.8) is 0 Å². The lowest BCUT2D eigenvalue weighted by molar-refractivity contribution is 1.09. The van der Waals surface area contributed by atoms with E-state index in [1.807, 2.05) is 0 Å². The Hall–Kier alpha value is -3.06. The molecule has 0 aliphatic rings. The molecule has 4 aromatic rings. The summed E-state index contributed by atoms with van der Waals surface area (Å²) in [5.74, 6) is 0. The summed E-state index contributed by atoms with van der Waals surface area (Å²) in [6.07, 6.45) is 0. The van der Waals surface area contributed by atoms with Gasteiger partial charge in [-0.1, -0.05) is 77.9 Å². The molecule has 0 fully saturated rings. The summed E-state index contributed by atoms with van der Waals surface area (Å²) >= 11 is 0. The van der Waals surface area contributed by atoms with Gasteiger partial charge in [-0.05, 0) is 49.2 Å². The fraction of sp³-hybridized carbons (Fsp3) is 0.0833. The van der Waals surface area contributed by atoms with Gasteiger partial charge in [0.25, 0.3) is 0 Å². The molecule has 122 valence electrons. The zero-order valence-electron chi connectivity index (χ0n) is 14.6. The second kappa shape index (κ2) is 6.45. The van der Waals surface area contributed by atoms with E-state index in [1.54, 1.807) is 0 Å². The fourth-order valence-electron chi connectivity index (χ4n) is 3.19. The van der Waals surface area contributed by atoms with Crippen LogP contribution in [0.5, 0.6) is 0 Å². The minimum Gasteiger partial charge on any atom is -0.309 e. The van der Waals surface area contributed by atoms with Crippen LogP contribution in [0.2, 0.25) is 0 Å². The van der Waals surface area contributed by atoms with Crippen LogP contribution in [0, 0.1) is 13.8 Å². The van der Waals surface area contributed by atoms with Crippen LogP contribution in [0.15, 0.2) is 91.0 Å². The Bertz CT molecular complexity index is 912. The number of hydrogen-bond donors (Lipinski definition) is 0. The minimum atomic E-state index is 1.18. The average molecular weight is 323 g/mol. The average Bonchev–Trinajstić information content (AvgIpc) is 3.09. The highest BCUT2D eigenvalue weighted by Crippen LogP contribution is 2.32. The summed E-state index contributed by atoms with van der Waals surface area (Å²) in [6.45, 7) is 4.25. The number of hydrogen-bond acceptors (Lipinski definition) is 0. The highest BCUT2D eigenvalue weighted by Gasteiger charge is 2.13. The summed E-state index contributed by atoms with van der Waals surface area (Å²) in [5, 5.41) is 0. The van der Waals surface area contributed by atoms with Gasteiger partial charge in [0.15, 0.2) is 0 Å². The number of rotatable bonds is 3. The SMILES string of the molecule is Cc1ccc(-c2ccc(-c3ccc(C)cc3)n2-c2ccccc2)cc1. The normalized spacial score (nSPS) is 10.8. The van der Waals surface area contributed by atoms with Crippen molar-refractivity contribution in [2.75, 3.05) is 0 Å². The highest BCUT2D eigenvalue weighted by molar-refractivity contribution is 5.73. The van der Waals surface area contributed by atoms with Crippen molar-refractivity contribution in [2.45, 2.75) is 13.8 Å². The van der Waals surface area contributed by atoms with Crippen molar-refractivity contribution in [1.82, 2.24) is 4.57 Å². The summed E-state index contributed by atoms with van der Waals surface area (Å²) in [5.41, 5.74) is 8.61. The molecule has 0 aliphatic heterocycles. The van der Waals surface area contributed by atoms with Crippen LogP contribution in [0.4, 0.5) is 0 Å². The smallest absolute Gasteiger partial charge is 0.0535 e. The highest BCUT2D eigenvalue weighted by atomic mass is 15.0. The van der Waals surface area contributed by atoms with Crippen molar-refractivity contribution >= 4 is 0 Å². The van der Waals surface area contributed by atoms with Crippen LogP contribution in [0.3, 0.4) is 0 Å². The third kappa shape index (κ3) is 3.01. The van der Waals surface area contributed by atoms with E-state index in [4.69, 9.17) is 0 Å². The predicted octanol–water partition coefficient (Wildman–Crippen LogP) is 6.43. The molecule has 1 aromatic heterocycles. The largest absolute Gasteiger partial charge is 0.309 e. The molecule has 0 saturated heterocycles. The van der Waals surface area contributed by atoms with E-state index in [9.17, 15) is 0 Å². The van der Waals surface area contributed by atoms with Gasteiger partial charge in [0.1, 0.15) is 0 Å². The van der Waals surface area contributed by atoms with E-state index in [0.29, 0.717) is 0 Å². The molecule has 1 nitrogen and oxygen atoms in total. The molecule has 25 heavy (non-hydrogen) atoms. The van der Waals surface area contributed by atoms with Crippen molar-refractivity contribution in [3.8, 4) is 28.2 Å². The van der Waals surface area contributed by atoms with E-state index >= 15 is 0 Å². The molecule has 4 rings (SSSR count). The van der Waals surface area contributed by atoms with Crippen LogP contribution in [-0.4, -0.2) is 4.57 Å². The van der Waals surface area contributed by atoms with Gasteiger partial charge in [0.05, 0.1) is 11.4 Å². The summed E-state index contributed by atoms with van der Waals surface area (Å²) in [6, 6.07) is 32.5. The van der Waals surface area contributed by atoms with Gasteiger partial charge in [-0.15, -0.1) is 0 Å². The molecule has 1 heteroatoms. The van der Waals surface area contributed by atoms with Crippen LogP contribution >= 0.6 is 0 Å². The number of para-hydroxylation sites is 1. The second-order valence-electron chi connectivity index (χ2n) is 6.51. The first-order valence-corrected chi connectivity index (χ1v) is 8.63. The number of aryl methyl sites for hydroxylation is 2. The molecule has 0 bridgehead atoms. The van der Waals surface area contributed by atoms with Gasteiger partial charge in [0.2, 0.25) is 0 Å². The van der Waals surface area contributed by atoms with Crippen molar-refractivity contribution in [3.05, 3.63) is 102 Å². The van der Waals surface area contributed by atoms with E-state index in [1.165, 1.54) is 39.3 Å². The van der Waals surface area contributed by atoms with Crippen LogP contribution in [-0.2, 0) is 0 Å². The molecule has 0 N–H and O–H groups in total. The third-order valence-electron chi connectivity index (χ3n) is 4.59. The van der Waals surface area contributed by atoms with Crippen LogP contribution in [0.25, 0.3) is 28.2 Å². The molecule has 0 unspecified atom stereocenters. The molecule has 1 heterocycles. The van der Waals surface area contributed by atoms with Gasteiger partial charge >= 0.3 is 0 Å². The van der Waals surface area contributed by atoms with Gasteiger partial charge < -0.3 is 4.57 Å². The van der Waals surface area contributed by atoms with E-state index in [-0.39, 0.29) is 0 Å². The first kappa shape index (κ1) is 15.5. The van der Waals surface area contributed by atoms with E-state index in [0.717, 1.165) is 0 Å². The molecule has 0 aliphatic carbocycles. The predicted molar refractivity (Wildman–Crippen MR) is 106 cm³/mol. The Kier molecular flexibility index (Phi) is 3.99. The van der Waals surface area contributed by atoms with Crippen LogP contribution < -0.4 is 0 Å². The van der Waals surface area contributed by atoms with Crippen molar-refractivity contribution in [2.24, 2.45) is 0 Å². The topological polar surface area (TPSA) is 4.93 Å². The number of nitrogens with zero attached hydrogens (tertiary/aromatic N) is 1. The maximum absolute atomic E-state index is 2.34. The summed E-state index contributed by atoms with van der Waals surface area (Å²) in [4.78, 5) is 0. The third-order valence-corrected chi connectivity index (χ3v) is 4.59. The summed E-state index contributed by atoms with van der Waals surface area (Å²) < 4.78 is 2.34. The van der Waals surface area contributed by atoms with Gasteiger partial charge in [-0.3, -0.25) is 0 Å². The second-order valence-corrected chi connectivity index (χ2v) is 6.51. The quantitative estimate of drug-likeness (QED) is 0.409. The molecule has 0 radical (unpaired) electrons. The Morgan fingerprint density at radius 1 is 0.480 bits per heavy atom. The lowest BCUT2D eigenvalue weighted by Gasteiger charge is -2.14. The lowest BCUT2D eigenvalue weighted by atomic mass is 10.1. The molecular weight excluding hydrogens is 302 g/mol. The van der Waals surface area contributed by atoms with Gasteiger partial charge in [-0.25, -0.2) is 0 Å². The fourth-order valence-corrected chi connectivity index (χ4v) is 3.19. The Labute approximate surface area is 149 Å². The standard InChI is InChI=1S/C24H21N/c1-18-8-12-20(13-9-18)23-16-17-24(21-14-10-19(2)11-15-21)25(23)22-6-4-3-5-7-22/h3-17H,1-2H3. The number of aromatic nitrogens is 1. The maximum atomic E-state index is 2.34. The van der Waals surface area contributed by atoms with Crippen LogP contribution in [0.1, 0.15) is 11.1 Å². The number of benzene rings is 3. The Balaban J connectivity index is 1.94. The van der Waals surface area contributed by atoms with Crippen molar-refractivity contribution < 1.29 is 0 Å². The molecular formula is C24H21N. The molecule has 0 spiro atoms.